The molecule has 0 N–H and O–H groups in total. The van der Waals surface area contributed by atoms with Crippen LogP contribution in [0.4, 0.5) is 0 Å². The van der Waals surface area contributed by atoms with Crippen molar-refractivity contribution in [3.8, 4) is 11.6 Å². The number of hydrogen-bond acceptors (Lipinski definition) is 7. The highest BCUT2D eigenvalue weighted by Gasteiger charge is 2.31. The zero-order valence-corrected chi connectivity index (χ0v) is 14.9. The van der Waals surface area contributed by atoms with Gasteiger partial charge in [0.2, 0.25) is 5.91 Å². The van der Waals surface area contributed by atoms with Gasteiger partial charge >= 0.3 is 0 Å². The molecule has 2 aliphatic rings. The van der Waals surface area contributed by atoms with Gasteiger partial charge in [-0.25, -0.2) is 4.68 Å². The van der Waals surface area contributed by atoms with E-state index in [0.29, 0.717) is 30.5 Å². The standard InChI is InChI=1S/C17H18N6O2S/c24-15(7-11-4-6-26-10-11)22-5-3-13(8-22)23-9-14(19-21-23)17-18-16(20-25-17)12-1-2-12/h4,6,9-10,12-13H,1-3,5,7-8H2/t13-/m0/s1. The van der Waals surface area contributed by atoms with E-state index < -0.39 is 0 Å². The van der Waals surface area contributed by atoms with Gasteiger partial charge in [0.25, 0.3) is 5.89 Å². The first-order valence-corrected chi connectivity index (χ1v) is 9.75. The number of amides is 1. The lowest BCUT2D eigenvalue weighted by Gasteiger charge is -2.16. The van der Waals surface area contributed by atoms with Crippen molar-refractivity contribution in [1.82, 2.24) is 30.0 Å². The van der Waals surface area contributed by atoms with Gasteiger partial charge < -0.3 is 9.42 Å². The average Bonchev–Trinajstić information content (AvgIpc) is 3.18. The average molecular weight is 370 g/mol. The topological polar surface area (TPSA) is 89.9 Å². The molecule has 3 aromatic rings. The summed E-state index contributed by atoms with van der Waals surface area (Å²) in [5.41, 5.74) is 1.67. The second kappa shape index (κ2) is 6.31. The molecule has 1 aliphatic heterocycles. The molecule has 1 saturated carbocycles. The molecule has 26 heavy (non-hydrogen) atoms. The number of nitrogens with zero attached hydrogens (tertiary/aromatic N) is 6. The summed E-state index contributed by atoms with van der Waals surface area (Å²) in [5, 5.41) is 16.4. The minimum atomic E-state index is 0.133. The summed E-state index contributed by atoms with van der Waals surface area (Å²) in [5.74, 6) is 1.79. The normalized spacial score (nSPS) is 20.0. The Balaban J connectivity index is 1.24. The first-order chi connectivity index (χ1) is 12.8. The molecule has 5 rings (SSSR count). The second-order valence-electron chi connectivity index (χ2n) is 6.91. The Morgan fingerprint density at radius 1 is 1.35 bits per heavy atom. The van der Waals surface area contributed by atoms with Gasteiger partial charge in [0.1, 0.15) is 0 Å². The molecular formula is C17H18N6O2S. The third-order valence-corrected chi connectivity index (χ3v) is 5.67. The Hall–Kier alpha value is -2.55. The molecule has 0 radical (unpaired) electrons. The van der Waals surface area contributed by atoms with E-state index in [1.165, 1.54) is 0 Å². The van der Waals surface area contributed by atoms with Crippen LogP contribution in [0.15, 0.2) is 27.5 Å². The van der Waals surface area contributed by atoms with Crippen molar-refractivity contribution in [2.75, 3.05) is 13.1 Å². The zero-order valence-electron chi connectivity index (χ0n) is 14.1. The lowest BCUT2D eigenvalue weighted by Crippen LogP contribution is -2.30. The van der Waals surface area contributed by atoms with Crippen molar-refractivity contribution in [1.29, 1.82) is 0 Å². The van der Waals surface area contributed by atoms with Gasteiger partial charge in [-0.1, -0.05) is 10.4 Å². The zero-order chi connectivity index (χ0) is 17.5. The van der Waals surface area contributed by atoms with Crippen LogP contribution >= 0.6 is 11.3 Å². The minimum Gasteiger partial charge on any atom is -0.340 e. The van der Waals surface area contributed by atoms with Gasteiger partial charge in [0.15, 0.2) is 11.5 Å². The maximum atomic E-state index is 12.4. The highest BCUT2D eigenvalue weighted by Crippen LogP contribution is 2.38. The molecule has 1 aliphatic carbocycles. The van der Waals surface area contributed by atoms with Crippen LogP contribution in [0.2, 0.25) is 0 Å². The number of rotatable bonds is 5. The monoisotopic (exact) mass is 370 g/mol. The fourth-order valence-electron chi connectivity index (χ4n) is 3.26. The highest BCUT2D eigenvalue weighted by molar-refractivity contribution is 7.08. The van der Waals surface area contributed by atoms with Crippen LogP contribution in [0.1, 0.15) is 42.6 Å². The molecule has 0 bridgehead atoms. The van der Waals surface area contributed by atoms with E-state index in [1.54, 1.807) is 11.3 Å². The molecular weight excluding hydrogens is 352 g/mol. The van der Waals surface area contributed by atoms with Crippen LogP contribution in [-0.4, -0.2) is 49.0 Å². The predicted octanol–water partition coefficient (Wildman–Crippen LogP) is 2.28. The molecule has 8 nitrogen and oxygen atoms in total. The smallest absolute Gasteiger partial charge is 0.280 e. The van der Waals surface area contributed by atoms with E-state index in [0.717, 1.165) is 37.2 Å². The van der Waals surface area contributed by atoms with Gasteiger partial charge in [0, 0.05) is 19.0 Å². The first kappa shape index (κ1) is 15.7. The summed E-state index contributed by atoms with van der Waals surface area (Å²) in [4.78, 5) is 18.8. The summed E-state index contributed by atoms with van der Waals surface area (Å²) in [6, 6.07) is 2.13. The minimum absolute atomic E-state index is 0.133. The molecule has 0 aromatic carbocycles. The fourth-order valence-corrected chi connectivity index (χ4v) is 3.93. The molecule has 4 heterocycles. The SMILES string of the molecule is O=C(Cc1ccsc1)N1CC[C@H](n2cc(-c3nc(C4CC4)no3)nn2)C1. The quantitative estimate of drug-likeness (QED) is 0.684. The van der Waals surface area contributed by atoms with E-state index >= 15 is 0 Å². The van der Waals surface area contributed by atoms with Crippen molar-refractivity contribution in [3.63, 3.8) is 0 Å². The molecule has 0 spiro atoms. The van der Waals surface area contributed by atoms with Crippen molar-refractivity contribution in [2.24, 2.45) is 0 Å². The number of aromatic nitrogens is 5. The lowest BCUT2D eigenvalue weighted by molar-refractivity contribution is -0.129. The third kappa shape index (κ3) is 3.03. The largest absolute Gasteiger partial charge is 0.340 e. The molecule has 3 aromatic heterocycles. The van der Waals surface area contributed by atoms with Crippen LogP contribution in [-0.2, 0) is 11.2 Å². The molecule has 1 amide bonds. The van der Waals surface area contributed by atoms with Gasteiger partial charge in [-0.15, -0.1) is 5.10 Å². The van der Waals surface area contributed by atoms with Crippen molar-refractivity contribution in [3.05, 3.63) is 34.4 Å². The van der Waals surface area contributed by atoms with Gasteiger partial charge in [-0.05, 0) is 41.7 Å². The van der Waals surface area contributed by atoms with Crippen LogP contribution in [0.3, 0.4) is 0 Å². The number of likely N-dealkylation sites (tertiary alicyclic amines) is 1. The number of carbonyl (C=O) groups is 1. The van der Waals surface area contributed by atoms with Gasteiger partial charge in [-0.2, -0.15) is 16.3 Å². The van der Waals surface area contributed by atoms with E-state index in [-0.39, 0.29) is 11.9 Å². The van der Waals surface area contributed by atoms with Crippen molar-refractivity contribution >= 4 is 17.2 Å². The Morgan fingerprint density at radius 3 is 3.08 bits per heavy atom. The maximum Gasteiger partial charge on any atom is 0.280 e. The van der Waals surface area contributed by atoms with Gasteiger partial charge in [0.05, 0.1) is 18.7 Å². The third-order valence-electron chi connectivity index (χ3n) is 4.94. The summed E-state index contributed by atoms with van der Waals surface area (Å²) in [6.45, 7) is 1.40. The molecule has 0 unspecified atom stereocenters. The summed E-state index contributed by atoms with van der Waals surface area (Å²) >= 11 is 1.62. The second-order valence-corrected chi connectivity index (χ2v) is 7.69. The summed E-state index contributed by atoms with van der Waals surface area (Å²) < 4.78 is 7.12. The molecule has 2 fully saturated rings. The molecule has 1 atom stereocenters. The van der Waals surface area contributed by atoms with Crippen LogP contribution < -0.4 is 0 Å². The van der Waals surface area contributed by atoms with E-state index in [9.17, 15) is 4.79 Å². The Labute approximate surface area is 153 Å². The number of thiophene rings is 1. The lowest BCUT2D eigenvalue weighted by atomic mass is 10.2. The Morgan fingerprint density at radius 2 is 2.27 bits per heavy atom. The van der Waals surface area contributed by atoms with Crippen LogP contribution in [0.5, 0.6) is 0 Å². The van der Waals surface area contributed by atoms with Crippen molar-refractivity contribution in [2.45, 2.75) is 37.6 Å². The van der Waals surface area contributed by atoms with Crippen molar-refractivity contribution < 1.29 is 9.32 Å². The van der Waals surface area contributed by atoms with E-state index in [1.807, 2.05) is 32.6 Å². The molecule has 9 heteroatoms. The van der Waals surface area contributed by atoms with Crippen LogP contribution in [0, 0.1) is 0 Å². The number of hydrogen-bond donors (Lipinski definition) is 0. The Bertz CT molecular complexity index is 913. The Kier molecular flexibility index (Phi) is 3.81. The highest BCUT2D eigenvalue weighted by atomic mass is 32.1. The van der Waals surface area contributed by atoms with Crippen LogP contribution in [0.25, 0.3) is 11.6 Å². The van der Waals surface area contributed by atoms with E-state index in [4.69, 9.17) is 4.52 Å². The number of carbonyl (C=O) groups excluding carboxylic acids is 1. The van der Waals surface area contributed by atoms with E-state index in [2.05, 4.69) is 20.5 Å². The summed E-state index contributed by atoms with van der Waals surface area (Å²) in [7, 11) is 0. The fraction of sp³-hybridized carbons (Fsp3) is 0.471. The summed E-state index contributed by atoms with van der Waals surface area (Å²) in [6.07, 6.45) is 5.42. The maximum absolute atomic E-state index is 12.4. The predicted molar refractivity (Wildman–Crippen MR) is 93.5 cm³/mol. The molecule has 134 valence electrons. The molecule has 1 saturated heterocycles. The first-order valence-electron chi connectivity index (χ1n) is 8.81. The van der Waals surface area contributed by atoms with Gasteiger partial charge in [-0.3, -0.25) is 4.79 Å².